The van der Waals surface area contributed by atoms with Gasteiger partial charge in [0.15, 0.2) is 0 Å². The number of amides is 1. The van der Waals surface area contributed by atoms with E-state index in [9.17, 15) is 18.0 Å². The van der Waals surface area contributed by atoms with Crippen molar-refractivity contribution in [1.29, 1.82) is 0 Å². The number of anilines is 1. The summed E-state index contributed by atoms with van der Waals surface area (Å²) in [5.41, 5.74) is 1.63. The van der Waals surface area contributed by atoms with E-state index in [0.29, 0.717) is 12.1 Å². The Morgan fingerprint density at radius 2 is 1.94 bits per heavy atom. The SMILES string of the molecule is CC[C@@H](N)C(=O)Nc1ccc(SC(F)(F)F)cc1. The van der Waals surface area contributed by atoms with Crippen molar-refractivity contribution in [2.75, 3.05) is 5.32 Å². The van der Waals surface area contributed by atoms with Gasteiger partial charge in [0.25, 0.3) is 0 Å². The van der Waals surface area contributed by atoms with Gasteiger partial charge in [-0.05, 0) is 42.4 Å². The molecule has 1 amide bonds. The van der Waals surface area contributed by atoms with Crippen LogP contribution in [0.4, 0.5) is 18.9 Å². The average molecular weight is 278 g/mol. The van der Waals surface area contributed by atoms with Gasteiger partial charge in [-0.1, -0.05) is 6.92 Å². The molecule has 18 heavy (non-hydrogen) atoms. The molecular formula is C11H13F3N2OS. The van der Waals surface area contributed by atoms with Crippen LogP contribution in [-0.4, -0.2) is 17.5 Å². The zero-order chi connectivity index (χ0) is 13.8. The Morgan fingerprint density at radius 1 is 1.39 bits per heavy atom. The fraction of sp³-hybridized carbons (Fsp3) is 0.364. The van der Waals surface area contributed by atoms with E-state index in [4.69, 9.17) is 5.73 Å². The Balaban J connectivity index is 2.63. The van der Waals surface area contributed by atoms with Gasteiger partial charge in [-0.3, -0.25) is 4.79 Å². The van der Waals surface area contributed by atoms with Gasteiger partial charge in [-0.2, -0.15) is 13.2 Å². The molecule has 0 aliphatic rings. The summed E-state index contributed by atoms with van der Waals surface area (Å²) < 4.78 is 36.2. The fourth-order valence-electron chi connectivity index (χ4n) is 1.16. The number of hydrogen-bond donors (Lipinski definition) is 2. The van der Waals surface area contributed by atoms with E-state index in [1.54, 1.807) is 6.92 Å². The highest BCUT2D eigenvalue weighted by Crippen LogP contribution is 2.36. The minimum Gasteiger partial charge on any atom is -0.325 e. The highest BCUT2D eigenvalue weighted by atomic mass is 32.2. The van der Waals surface area contributed by atoms with E-state index in [0.717, 1.165) is 0 Å². The maximum atomic E-state index is 12.1. The first-order chi connectivity index (χ1) is 8.31. The van der Waals surface area contributed by atoms with E-state index in [2.05, 4.69) is 5.32 Å². The average Bonchev–Trinajstić information content (AvgIpc) is 2.28. The number of carbonyl (C=O) groups excluding carboxylic acids is 1. The second-order valence-corrected chi connectivity index (χ2v) is 4.71. The van der Waals surface area contributed by atoms with Crippen LogP contribution in [0, 0.1) is 0 Å². The molecule has 0 saturated heterocycles. The largest absolute Gasteiger partial charge is 0.446 e. The zero-order valence-electron chi connectivity index (χ0n) is 9.62. The lowest BCUT2D eigenvalue weighted by Gasteiger charge is -2.10. The molecule has 0 radical (unpaired) electrons. The standard InChI is InChI=1S/C11H13F3N2OS/c1-2-9(15)10(17)16-7-3-5-8(6-4-7)18-11(12,13)14/h3-6,9H,2,15H2,1H3,(H,16,17)/t9-/m1/s1. The maximum Gasteiger partial charge on any atom is 0.446 e. The van der Waals surface area contributed by atoms with Crippen LogP contribution in [0.25, 0.3) is 0 Å². The van der Waals surface area contributed by atoms with Gasteiger partial charge < -0.3 is 11.1 Å². The van der Waals surface area contributed by atoms with E-state index in [-0.39, 0.29) is 22.6 Å². The summed E-state index contributed by atoms with van der Waals surface area (Å²) in [5.74, 6) is -0.353. The first-order valence-electron chi connectivity index (χ1n) is 5.24. The van der Waals surface area contributed by atoms with Gasteiger partial charge in [0.1, 0.15) is 0 Å². The Labute approximate surface area is 107 Å². The molecule has 7 heteroatoms. The Bertz CT molecular complexity index is 406. The molecule has 0 aromatic heterocycles. The molecule has 100 valence electrons. The number of nitrogens with one attached hydrogen (secondary N) is 1. The Morgan fingerprint density at radius 3 is 2.39 bits per heavy atom. The van der Waals surface area contributed by atoms with E-state index < -0.39 is 11.6 Å². The topological polar surface area (TPSA) is 55.1 Å². The lowest BCUT2D eigenvalue weighted by Crippen LogP contribution is -2.34. The molecule has 3 nitrogen and oxygen atoms in total. The Kier molecular flexibility index (Phi) is 5.03. The number of nitrogens with two attached hydrogens (primary N) is 1. The third kappa shape index (κ3) is 4.97. The van der Waals surface area contributed by atoms with Gasteiger partial charge in [0.05, 0.1) is 6.04 Å². The first kappa shape index (κ1) is 14.8. The van der Waals surface area contributed by atoms with Crippen molar-refractivity contribution in [2.45, 2.75) is 29.8 Å². The van der Waals surface area contributed by atoms with Crippen molar-refractivity contribution in [3.8, 4) is 0 Å². The summed E-state index contributed by atoms with van der Waals surface area (Å²) >= 11 is -0.198. The molecule has 0 aliphatic carbocycles. The van der Waals surface area contributed by atoms with Crippen LogP contribution < -0.4 is 11.1 Å². The van der Waals surface area contributed by atoms with Crippen molar-refractivity contribution in [1.82, 2.24) is 0 Å². The van der Waals surface area contributed by atoms with E-state index >= 15 is 0 Å². The molecule has 1 aromatic carbocycles. The molecule has 1 atom stereocenters. The van der Waals surface area contributed by atoms with E-state index in [1.807, 2.05) is 0 Å². The fourth-order valence-corrected chi connectivity index (χ4v) is 1.70. The molecule has 0 fully saturated rings. The summed E-state index contributed by atoms with van der Waals surface area (Å²) in [7, 11) is 0. The summed E-state index contributed by atoms with van der Waals surface area (Å²) in [6, 6.07) is 4.80. The number of carbonyl (C=O) groups is 1. The second kappa shape index (κ2) is 6.10. The van der Waals surface area contributed by atoms with Crippen LogP contribution in [0.3, 0.4) is 0 Å². The number of hydrogen-bond acceptors (Lipinski definition) is 3. The summed E-state index contributed by atoms with van der Waals surface area (Å²) in [6.07, 6.45) is 0.494. The summed E-state index contributed by atoms with van der Waals surface area (Å²) in [5, 5.41) is 2.53. The van der Waals surface area contributed by atoms with Gasteiger partial charge in [-0.15, -0.1) is 0 Å². The molecule has 0 bridgehead atoms. The summed E-state index contributed by atoms with van der Waals surface area (Å²) in [6.45, 7) is 1.77. The number of thioether (sulfide) groups is 1. The first-order valence-corrected chi connectivity index (χ1v) is 6.05. The normalized spacial score (nSPS) is 13.2. The van der Waals surface area contributed by atoms with Crippen molar-refractivity contribution in [2.24, 2.45) is 5.73 Å². The molecule has 1 rings (SSSR count). The van der Waals surface area contributed by atoms with Crippen LogP contribution in [0.15, 0.2) is 29.2 Å². The molecule has 0 unspecified atom stereocenters. The highest BCUT2D eigenvalue weighted by molar-refractivity contribution is 8.00. The van der Waals surface area contributed by atoms with Gasteiger partial charge in [0.2, 0.25) is 5.91 Å². The molecule has 0 spiro atoms. The molecule has 0 aliphatic heterocycles. The number of alkyl halides is 3. The zero-order valence-corrected chi connectivity index (χ0v) is 10.4. The third-order valence-electron chi connectivity index (χ3n) is 2.13. The van der Waals surface area contributed by atoms with Crippen LogP contribution in [-0.2, 0) is 4.79 Å². The van der Waals surface area contributed by atoms with Crippen LogP contribution in [0.2, 0.25) is 0 Å². The number of rotatable bonds is 4. The second-order valence-electron chi connectivity index (χ2n) is 3.58. The lowest BCUT2D eigenvalue weighted by molar-refractivity contribution is -0.117. The minimum atomic E-state index is -4.31. The van der Waals surface area contributed by atoms with Crippen LogP contribution in [0.1, 0.15) is 13.3 Å². The lowest BCUT2D eigenvalue weighted by atomic mass is 10.2. The molecule has 1 aromatic rings. The van der Waals surface area contributed by atoms with Gasteiger partial charge >= 0.3 is 5.51 Å². The third-order valence-corrected chi connectivity index (χ3v) is 2.87. The van der Waals surface area contributed by atoms with Crippen molar-refractivity contribution < 1.29 is 18.0 Å². The highest BCUT2D eigenvalue weighted by Gasteiger charge is 2.29. The van der Waals surface area contributed by atoms with Crippen molar-refractivity contribution >= 4 is 23.4 Å². The maximum absolute atomic E-state index is 12.1. The molecular weight excluding hydrogens is 265 g/mol. The van der Waals surface area contributed by atoms with Gasteiger partial charge in [-0.25, -0.2) is 0 Å². The molecule has 0 heterocycles. The minimum absolute atomic E-state index is 0.0697. The molecule has 0 saturated carbocycles. The monoisotopic (exact) mass is 278 g/mol. The molecule has 3 N–H and O–H groups in total. The smallest absolute Gasteiger partial charge is 0.325 e. The predicted molar refractivity (Wildman–Crippen MR) is 65.3 cm³/mol. The number of benzene rings is 1. The van der Waals surface area contributed by atoms with Gasteiger partial charge in [0, 0.05) is 10.6 Å². The van der Waals surface area contributed by atoms with Crippen molar-refractivity contribution in [3.63, 3.8) is 0 Å². The number of halogens is 3. The van der Waals surface area contributed by atoms with Crippen molar-refractivity contribution in [3.05, 3.63) is 24.3 Å². The quantitative estimate of drug-likeness (QED) is 0.832. The Hall–Kier alpha value is -1.21. The van der Waals surface area contributed by atoms with Crippen LogP contribution >= 0.6 is 11.8 Å². The predicted octanol–water partition coefficient (Wildman–Crippen LogP) is 2.97. The van der Waals surface area contributed by atoms with Crippen LogP contribution in [0.5, 0.6) is 0 Å². The van der Waals surface area contributed by atoms with E-state index in [1.165, 1.54) is 24.3 Å². The summed E-state index contributed by atoms with van der Waals surface area (Å²) in [4.78, 5) is 11.5.